The van der Waals surface area contributed by atoms with Crippen LogP contribution in [0.25, 0.3) is 0 Å². The molecule has 0 aromatic heterocycles. The van der Waals surface area contributed by atoms with Crippen molar-refractivity contribution in [3.63, 3.8) is 0 Å². The van der Waals surface area contributed by atoms with Gasteiger partial charge in [0.2, 0.25) is 0 Å². The number of nitrogens with one attached hydrogen (secondary N) is 1. The molecule has 0 aliphatic carbocycles. The maximum atomic E-state index is 13.4. The van der Waals surface area contributed by atoms with Crippen LogP contribution in [-0.4, -0.2) is 37.2 Å². The second kappa shape index (κ2) is 5.05. The van der Waals surface area contributed by atoms with Crippen LogP contribution in [0, 0.1) is 11.6 Å². The molecule has 1 amide bonds. The van der Waals surface area contributed by atoms with E-state index in [4.69, 9.17) is 11.6 Å². The molecule has 2 atom stereocenters. The van der Waals surface area contributed by atoms with Crippen molar-refractivity contribution in [1.29, 1.82) is 0 Å². The van der Waals surface area contributed by atoms with E-state index >= 15 is 0 Å². The topological polar surface area (TPSA) is 63.2 Å². The van der Waals surface area contributed by atoms with E-state index in [2.05, 4.69) is 5.32 Å². The van der Waals surface area contributed by atoms with E-state index in [1.807, 2.05) is 0 Å². The number of hydrogen-bond acceptors (Lipinski definition) is 3. The van der Waals surface area contributed by atoms with E-state index in [9.17, 15) is 22.0 Å². The normalized spacial score (nSPS) is 25.2. The molecule has 1 fully saturated rings. The average Bonchev–Trinajstić information content (AvgIpc) is 2.55. The van der Waals surface area contributed by atoms with Gasteiger partial charge in [-0.05, 0) is 12.1 Å². The zero-order valence-corrected chi connectivity index (χ0v) is 11.1. The Labute approximate surface area is 113 Å². The van der Waals surface area contributed by atoms with Gasteiger partial charge < -0.3 is 5.32 Å². The molecule has 1 aliphatic heterocycles. The third-order valence-electron chi connectivity index (χ3n) is 2.80. The molecule has 2 unspecified atom stereocenters. The summed E-state index contributed by atoms with van der Waals surface area (Å²) >= 11 is 5.80. The Kier molecular flexibility index (Phi) is 3.78. The number of halogens is 3. The van der Waals surface area contributed by atoms with E-state index in [-0.39, 0.29) is 11.5 Å². The van der Waals surface area contributed by atoms with Gasteiger partial charge >= 0.3 is 0 Å². The van der Waals surface area contributed by atoms with Crippen molar-refractivity contribution in [3.8, 4) is 0 Å². The zero-order valence-electron chi connectivity index (χ0n) is 9.57. The Hall–Kier alpha value is -1.21. The van der Waals surface area contributed by atoms with Crippen molar-refractivity contribution in [2.24, 2.45) is 0 Å². The molecule has 104 valence electrons. The Morgan fingerprint density at radius 2 is 2.00 bits per heavy atom. The standard InChI is InChI=1S/C11H10ClF2NO3S/c12-7-4-19(17,18)5-9(7)15-11(16)6-2-1-3-8(13)10(6)14/h1-3,7,9H,4-5H2,(H,15,16). The van der Waals surface area contributed by atoms with Crippen molar-refractivity contribution < 1.29 is 22.0 Å². The average molecular weight is 310 g/mol. The smallest absolute Gasteiger partial charge is 0.254 e. The van der Waals surface area contributed by atoms with Crippen molar-refractivity contribution in [3.05, 3.63) is 35.4 Å². The van der Waals surface area contributed by atoms with Gasteiger partial charge in [-0.3, -0.25) is 4.79 Å². The van der Waals surface area contributed by atoms with Gasteiger partial charge in [0.05, 0.1) is 28.5 Å². The lowest BCUT2D eigenvalue weighted by molar-refractivity contribution is 0.0936. The second-order valence-corrected chi connectivity index (χ2v) is 6.99. The quantitative estimate of drug-likeness (QED) is 0.832. The maximum absolute atomic E-state index is 13.4. The number of rotatable bonds is 2. The van der Waals surface area contributed by atoms with Gasteiger partial charge in [0.1, 0.15) is 0 Å². The first-order chi connectivity index (χ1) is 8.80. The summed E-state index contributed by atoms with van der Waals surface area (Å²) in [4.78, 5) is 11.8. The SMILES string of the molecule is O=C(NC1CS(=O)(=O)CC1Cl)c1cccc(F)c1F. The van der Waals surface area contributed by atoms with Crippen molar-refractivity contribution in [2.45, 2.75) is 11.4 Å². The van der Waals surface area contributed by atoms with Gasteiger partial charge in [-0.15, -0.1) is 11.6 Å². The van der Waals surface area contributed by atoms with Crippen LogP contribution in [0.2, 0.25) is 0 Å². The van der Waals surface area contributed by atoms with Crippen molar-refractivity contribution in [2.75, 3.05) is 11.5 Å². The van der Waals surface area contributed by atoms with Crippen LogP contribution in [0.3, 0.4) is 0 Å². The summed E-state index contributed by atoms with van der Waals surface area (Å²) in [7, 11) is -3.31. The summed E-state index contributed by atoms with van der Waals surface area (Å²) < 4.78 is 49.0. The fraction of sp³-hybridized carbons (Fsp3) is 0.364. The van der Waals surface area contributed by atoms with Gasteiger partial charge in [-0.1, -0.05) is 6.07 Å². The van der Waals surface area contributed by atoms with E-state index in [0.717, 1.165) is 12.1 Å². The molecule has 4 nitrogen and oxygen atoms in total. The van der Waals surface area contributed by atoms with E-state index < -0.39 is 44.4 Å². The summed E-state index contributed by atoms with van der Waals surface area (Å²) in [6, 6.07) is 2.38. The first-order valence-electron chi connectivity index (χ1n) is 5.39. The molecular weight excluding hydrogens is 300 g/mol. The highest BCUT2D eigenvalue weighted by atomic mass is 35.5. The molecule has 1 aromatic carbocycles. The number of alkyl halides is 1. The highest BCUT2D eigenvalue weighted by molar-refractivity contribution is 7.91. The molecule has 1 N–H and O–H groups in total. The molecule has 1 heterocycles. The number of hydrogen-bond donors (Lipinski definition) is 1. The monoisotopic (exact) mass is 309 g/mol. The highest BCUT2D eigenvalue weighted by Gasteiger charge is 2.37. The molecule has 1 saturated heterocycles. The van der Waals surface area contributed by atoms with E-state index in [1.165, 1.54) is 6.07 Å². The van der Waals surface area contributed by atoms with Crippen molar-refractivity contribution in [1.82, 2.24) is 5.32 Å². The summed E-state index contributed by atoms with van der Waals surface area (Å²) in [5.74, 6) is -3.85. The predicted octanol–water partition coefficient (Wildman–Crippen LogP) is 1.10. The molecule has 0 bridgehead atoms. The minimum Gasteiger partial charge on any atom is -0.347 e. The van der Waals surface area contributed by atoms with Crippen LogP contribution in [0.5, 0.6) is 0 Å². The van der Waals surface area contributed by atoms with Gasteiger partial charge in [-0.25, -0.2) is 17.2 Å². The molecule has 1 aliphatic rings. The Bertz CT molecular complexity index is 620. The van der Waals surface area contributed by atoms with Gasteiger partial charge in [0.15, 0.2) is 21.5 Å². The summed E-state index contributed by atoms with van der Waals surface area (Å²) in [5.41, 5.74) is -0.479. The first kappa shape index (κ1) is 14.2. The fourth-order valence-corrected chi connectivity index (χ4v) is 4.41. The van der Waals surface area contributed by atoms with Crippen molar-refractivity contribution >= 4 is 27.3 Å². The van der Waals surface area contributed by atoms with E-state index in [1.54, 1.807) is 0 Å². The van der Waals surface area contributed by atoms with Crippen LogP contribution in [-0.2, 0) is 9.84 Å². The number of sulfone groups is 1. The van der Waals surface area contributed by atoms with Crippen LogP contribution in [0.1, 0.15) is 10.4 Å². The maximum Gasteiger partial charge on any atom is 0.254 e. The third kappa shape index (κ3) is 3.03. The molecule has 8 heteroatoms. The van der Waals surface area contributed by atoms with Crippen LogP contribution >= 0.6 is 11.6 Å². The van der Waals surface area contributed by atoms with Crippen LogP contribution in [0.15, 0.2) is 18.2 Å². The lowest BCUT2D eigenvalue weighted by Gasteiger charge is -2.14. The number of carbonyl (C=O) groups is 1. The molecule has 0 spiro atoms. The van der Waals surface area contributed by atoms with Crippen LogP contribution < -0.4 is 5.32 Å². The fourth-order valence-electron chi connectivity index (χ4n) is 1.86. The minimum absolute atomic E-state index is 0.245. The third-order valence-corrected chi connectivity index (χ3v) is 5.17. The number of carbonyl (C=O) groups excluding carboxylic acids is 1. The van der Waals surface area contributed by atoms with Crippen LogP contribution in [0.4, 0.5) is 8.78 Å². The predicted molar refractivity (Wildman–Crippen MR) is 65.9 cm³/mol. The largest absolute Gasteiger partial charge is 0.347 e. The Morgan fingerprint density at radius 1 is 1.32 bits per heavy atom. The minimum atomic E-state index is -3.31. The summed E-state index contributed by atoms with van der Waals surface area (Å²) in [6.07, 6.45) is 0. The number of amides is 1. The van der Waals surface area contributed by atoms with E-state index in [0.29, 0.717) is 0 Å². The second-order valence-electron chi connectivity index (χ2n) is 4.27. The summed E-state index contributed by atoms with van der Waals surface area (Å²) in [5, 5.41) is 1.54. The molecule has 1 aromatic rings. The molecule has 0 radical (unpaired) electrons. The molecule has 2 rings (SSSR count). The Balaban J connectivity index is 2.16. The lowest BCUT2D eigenvalue weighted by Crippen LogP contribution is -2.41. The number of benzene rings is 1. The van der Waals surface area contributed by atoms with Gasteiger partial charge in [-0.2, -0.15) is 0 Å². The van der Waals surface area contributed by atoms with Gasteiger partial charge in [0.25, 0.3) is 5.91 Å². The highest BCUT2D eigenvalue weighted by Crippen LogP contribution is 2.19. The Morgan fingerprint density at radius 3 is 2.58 bits per heavy atom. The molecule has 19 heavy (non-hydrogen) atoms. The summed E-state index contributed by atoms with van der Waals surface area (Å²) in [6.45, 7) is 0. The first-order valence-corrected chi connectivity index (χ1v) is 7.65. The van der Waals surface area contributed by atoms with Gasteiger partial charge in [0, 0.05) is 0 Å². The molecular formula is C11H10ClF2NO3S. The lowest BCUT2D eigenvalue weighted by atomic mass is 10.1. The zero-order chi connectivity index (χ0) is 14.2. The molecule has 0 saturated carbocycles.